The van der Waals surface area contributed by atoms with Crippen LogP contribution in [0.2, 0.25) is 0 Å². The van der Waals surface area contributed by atoms with E-state index in [1.807, 2.05) is 19.1 Å². The number of rotatable bonds is 9. The number of hydrogen-bond acceptors (Lipinski definition) is 4. The Morgan fingerprint density at radius 2 is 1.76 bits per heavy atom. The number of aromatic nitrogens is 1. The zero-order chi connectivity index (χ0) is 18.3. The van der Waals surface area contributed by atoms with Crippen LogP contribution in [0.3, 0.4) is 0 Å². The zero-order valence-corrected chi connectivity index (χ0v) is 15.9. The lowest BCUT2D eigenvalue weighted by atomic mass is 10.1. The third-order valence-electron chi connectivity index (χ3n) is 4.05. The summed E-state index contributed by atoms with van der Waals surface area (Å²) in [4.78, 5) is 4.31. The fraction of sp³-hybridized carbons (Fsp3) is 0.421. The lowest BCUT2D eigenvalue weighted by Crippen LogP contribution is -2.32. The smallest absolute Gasteiger partial charge is 0.242 e. The summed E-state index contributed by atoms with van der Waals surface area (Å²) < 4.78 is 32.9. The van der Waals surface area contributed by atoms with Crippen molar-refractivity contribution in [2.45, 2.75) is 37.7 Å². The number of aryl methyl sites for hydroxylation is 1. The highest BCUT2D eigenvalue weighted by molar-refractivity contribution is 7.89. The van der Waals surface area contributed by atoms with Crippen molar-refractivity contribution in [1.82, 2.24) is 9.29 Å². The summed E-state index contributed by atoms with van der Waals surface area (Å²) in [6.07, 6.45) is 5.04. The van der Waals surface area contributed by atoms with Crippen molar-refractivity contribution >= 4 is 10.0 Å². The number of sulfonamides is 1. The molecular formula is C19H26N2O3S. The van der Waals surface area contributed by atoms with E-state index in [1.54, 1.807) is 43.7 Å². The molecular weight excluding hydrogens is 336 g/mol. The number of pyridine rings is 1. The van der Waals surface area contributed by atoms with E-state index in [0.717, 1.165) is 24.0 Å². The van der Waals surface area contributed by atoms with Gasteiger partial charge in [0.15, 0.2) is 0 Å². The van der Waals surface area contributed by atoms with Gasteiger partial charge in [0.1, 0.15) is 0 Å². The highest BCUT2D eigenvalue weighted by Crippen LogP contribution is 2.22. The topological polar surface area (TPSA) is 59.5 Å². The normalized spacial score (nSPS) is 13.1. The van der Waals surface area contributed by atoms with Crippen molar-refractivity contribution in [2.24, 2.45) is 0 Å². The molecule has 1 atom stereocenters. The van der Waals surface area contributed by atoms with Gasteiger partial charge in [0.2, 0.25) is 10.0 Å². The van der Waals surface area contributed by atoms with E-state index in [0.29, 0.717) is 11.5 Å². The van der Waals surface area contributed by atoms with Crippen LogP contribution in [0.5, 0.6) is 0 Å². The predicted octanol–water partition coefficient (Wildman–Crippen LogP) is 3.57. The molecule has 0 amide bonds. The fourth-order valence-corrected chi connectivity index (χ4v) is 3.60. The molecule has 0 spiro atoms. The van der Waals surface area contributed by atoms with Crippen LogP contribution in [-0.2, 0) is 14.8 Å². The third kappa shape index (κ3) is 5.36. The Hall–Kier alpha value is -1.76. The molecule has 1 aromatic heterocycles. The largest absolute Gasteiger partial charge is 0.372 e. The molecule has 0 aliphatic rings. The van der Waals surface area contributed by atoms with Gasteiger partial charge in [-0.2, -0.15) is 4.31 Å². The summed E-state index contributed by atoms with van der Waals surface area (Å²) in [6.45, 7) is 4.88. The van der Waals surface area contributed by atoms with Gasteiger partial charge in [0, 0.05) is 32.6 Å². The summed E-state index contributed by atoms with van der Waals surface area (Å²) in [7, 11) is -1.96. The third-order valence-corrected chi connectivity index (χ3v) is 5.88. The summed E-state index contributed by atoms with van der Waals surface area (Å²) >= 11 is 0. The van der Waals surface area contributed by atoms with Crippen molar-refractivity contribution in [2.75, 3.05) is 20.2 Å². The number of likely N-dealkylation sites (N-methyl/N-ethyl adjacent to an activating group) is 1. The second-order valence-corrected chi connectivity index (χ2v) is 8.14. The maximum atomic E-state index is 12.8. The fourth-order valence-electron chi connectivity index (χ4n) is 2.42. The average molecular weight is 362 g/mol. The van der Waals surface area contributed by atoms with E-state index in [-0.39, 0.29) is 12.6 Å². The van der Waals surface area contributed by atoms with Crippen LogP contribution in [0.4, 0.5) is 0 Å². The van der Waals surface area contributed by atoms with Gasteiger partial charge < -0.3 is 4.74 Å². The molecule has 2 aromatic rings. The summed E-state index contributed by atoms with van der Waals surface area (Å²) in [6, 6.07) is 10.6. The molecule has 1 unspecified atom stereocenters. The van der Waals surface area contributed by atoms with Crippen molar-refractivity contribution in [3.8, 4) is 0 Å². The Labute approximate surface area is 150 Å². The number of ether oxygens (including phenoxy) is 1. The molecule has 0 saturated heterocycles. The first-order valence-corrected chi connectivity index (χ1v) is 9.93. The minimum absolute atomic E-state index is 0.254. The van der Waals surface area contributed by atoms with Crippen molar-refractivity contribution < 1.29 is 13.2 Å². The van der Waals surface area contributed by atoms with E-state index >= 15 is 0 Å². The monoisotopic (exact) mass is 362 g/mol. The van der Waals surface area contributed by atoms with Gasteiger partial charge in [-0.25, -0.2) is 8.42 Å². The first-order chi connectivity index (χ1) is 11.9. The van der Waals surface area contributed by atoms with Crippen molar-refractivity contribution in [1.29, 1.82) is 0 Å². The Morgan fingerprint density at radius 1 is 1.12 bits per heavy atom. The van der Waals surface area contributed by atoms with Gasteiger partial charge in [-0.15, -0.1) is 0 Å². The quantitative estimate of drug-likeness (QED) is 0.640. The molecule has 0 fully saturated rings. The highest BCUT2D eigenvalue weighted by atomic mass is 32.2. The molecule has 0 radical (unpaired) electrons. The molecule has 0 aliphatic carbocycles. The van der Waals surface area contributed by atoms with Gasteiger partial charge in [-0.05, 0) is 43.2 Å². The van der Waals surface area contributed by atoms with Crippen LogP contribution in [-0.4, -0.2) is 37.9 Å². The molecule has 0 aliphatic heterocycles. The summed E-state index contributed by atoms with van der Waals surface area (Å²) in [5.74, 6) is 0. The van der Waals surface area contributed by atoms with Crippen LogP contribution in [0, 0.1) is 6.92 Å². The van der Waals surface area contributed by atoms with E-state index in [4.69, 9.17) is 4.74 Å². The van der Waals surface area contributed by atoms with Crippen LogP contribution in [0.1, 0.15) is 37.0 Å². The first-order valence-electron chi connectivity index (χ1n) is 8.49. The minimum Gasteiger partial charge on any atom is -0.372 e. The molecule has 25 heavy (non-hydrogen) atoms. The van der Waals surface area contributed by atoms with Crippen LogP contribution in [0.15, 0.2) is 53.7 Å². The minimum atomic E-state index is -3.55. The summed E-state index contributed by atoms with van der Waals surface area (Å²) in [5, 5.41) is 0. The average Bonchev–Trinajstić information content (AvgIpc) is 2.62. The van der Waals surface area contributed by atoms with Gasteiger partial charge in [0.05, 0.1) is 11.0 Å². The molecule has 5 nitrogen and oxygen atoms in total. The molecule has 1 aromatic carbocycles. The standard InChI is InChI=1S/C19H26N2O3S/c1-4-5-14-24-19(17-10-12-20-13-11-17)15-21(3)25(22,23)18-8-6-16(2)7-9-18/h6-13,19H,4-5,14-15H2,1-3H3. The number of benzene rings is 1. The van der Waals surface area contributed by atoms with E-state index in [1.165, 1.54) is 4.31 Å². The van der Waals surface area contributed by atoms with E-state index < -0.39 is 10.0 Å². The van der Waals surface area contributed by atoms with E-state index in [9.17, 15) is 8.42 Å². The first kappa shape index (κ1) is 19.6. The van der Waals surface area contributed by atoms with Gasteiger partial charge >= 0.3 is 0 Å². The number of nitrogens with zero attached hydrogens (tertiary/aromatic N) is 2. The Bertz CT molecular complexity index is 746. The molecule has 1 heterocycles. The summed E-state index contributed by atoms with van der Waals surface area (Å²) in [5.41, 5.74) is 1.95. The Kier molecular flexibility index (Phi) is 7.11. The Morgan fingerprint density at radius 3 is 2.36 bits per heavy atom. The molecule has 6 heteroatoms. The Balaban J connectivity index is 2.17. The maximum absolute atomic E-state index is 12.8. The lowest BCUT2D eigenvalue weighted by molar-refractivity contribution is 0.0408. The highest BCUT2D eigenvalue weighted by Gasteiger charge is 2.25. The zero-order valence-electron chi connectivity index (χ0n) is 15.1. The lowest BCUT2D eigenvalue weighted by Gasteiger charge is -2.24. The van der Waals surface area contributed by atoms with Gasteiger partial charge in [-0.1, -0.05) is 31.0 Å². The van der Waals surface area contributed by atoms with E-state index in [2.05, 4.69) is 11.9 Å². The van der Waals surface area contributed by atoms with Crippen molar-refractivity contribution in [3.63, 3.8) is 0 Å². The van der Waals surface area contributed by atoms with Gasteiger partial charge in [0.25, 0.3) is 0 Å². The van der Waals surface area contributed by atoms with Crippen molar-refractivity contribution in [3.05, 3.63) is 59.9 Å². The second-order valence-electron chi connectivity index (χ2n) is 6.09. The van der Waals surface area contributed by atoms with Crippen LogP contribution >= 0.6 is 0 Å². The SMILES string of the molecule is CCCCOC(CN(C)S(=O)(=O)c1ccc(C)cc1)c1ccncc1. The second kappa shape index (κ2) is 9.08. The molecule has 0 saturated carbocycles. The van der Waals surface area contributed by atoms with Gasteiger partial charge in [-0.3, -0.25) is 4.98 Å². The molecule has 0 N–H and O–H groups in total. The number of hydrogen-bond donors (Lipinski definition) is 0. The van der Waals surface area contributed by atoms with Crippen LogP contribution in [0.25, 0.3) is 0 Å². The maximum Gasteiger partial charge on any atom is 0.242 e. The molecule has 136 valence electrons. The van der Waals surface area contributed by atoms with Crippen LogP contribution < -0.4 is 0 Å². The number of unbranched alkanes of at least 4 members (excludes halogenated alkanes) is 1. The molecule has 2 rings (SSSR count). The predicted molar refractivity (Wildman–Crippen MR) is 98.8 cm³/mol. The molecule has 0 bridgehead atoms.